The Morgan fingerprint density at radius 2 is 1.82 bits per heavy atom. The van der Waals surface area contributed by atoms with E-state index in [9.17, 15) is 9.59 Å². The number of carbonyl (C=O) groups excluding carboxylic acids is 2. The first-order chi connectivity index (χ1) is 18.2. The van der Waals surface area contributed by atoms with E-state index in [1.807, 2.05) is 31.0 Å². The number of hydrazine groups is 1. The highest BCUT2D eigenvalue weighted by Crippen LogP contribution is 2.31. The topological polar surface area (TPSA) is 107 Å². The lowest BCUT2D eigenvalue weighted by Crippen LogP contribution is -2.48. The van der Waals surface area contributed by atoms with Crippen molar-refractivity contribution >= 4 is 29.1 Å². The maximum absolute atomic E-state index is 13.5. The second-order valence-electron chi connectivity index (χ2n) is 9.63. The maximum Gasteiger partial charge on any atom is 0.256 e. The van der Waals surface area contributed by atoms with E-state index in [0.29, 0.717) is 60.2 Å². The number of hydrogen-bond donors (Lipinski definition) is 2. The Labute approximate surface area is 227 Å². The molecule has 2 heterocycles. The molecular formula is C27H34ClN7O3. The molecule has 1 aliphatic heterocycles. The zero-order valence-corrected chi connectivity index (χ0v) is 23.0. The number of hydrogen-bond acceptors (Lipinski definition) is 8. The number of nitrogens with zero attached hydrogens (tertiary/aromatic N) is 5. The number of likely N-dealkylation sites (N-methyl/N-ethyl adjacent to an activating group) is 1. The van der Waals surface area contributed by atoms with Crippen LogP contribution >= 0.6 is 11.6 Å². The molecule has 0 atom stereocenters. The zero-order valence-electron chi connectivity index (χ0n) is 22.2. The molecule has 0 bridgehead atoms. The standard InChI is InChI=1S/C27H34ClN7O3/c1-18(2)29-11-12-30-25(36)16-34(24-13-20(9-10-23(24)28)27-31-19(3)38-32-27)17-26(37)33(4)35-14-21-7-5-6-8-22(21)15-35/h5-10,13,18,29H,11-12,14-17H2,1-4H3,(H,30,36). The lowest BCUT2D eigenvalue weighted by molar-refractivity contribution is -0.145. The number of nitrogens with one attached hydrogen (secondary N) is 2. The fourth-order valence-corrected chi connectivity index (χ4v) is 4.52. The third-order valence-electron chi connectivity index (χ3n) is 6.34. The normalized spacial score (nSPS) is 13.0. The van der Waals surface area contributed by atoms with Crippen LogP contribution in [0.4, 0.5) is 5.69 Å². The third-order valence-corrected chi connectivity index (χ3v) is 6.66. The number of halogens is 1. The van der Waals surface area contributed by atoms with Crippen molar-refractivity contribution in [2.45, 2.75) is 39.9 Å². The Morgan fingerprint density at radius 1 is 1.11 bits per heavy atom. The lowest BCUT2D eigenvalue weighted by atomic mass is 10.1. The number of carbonyl (C=O) groups is 2. The van der Waals surface area contributed by atoms with Gasteiger partial charge in [0.05, 0.1) is 23.8 Å². The molecule has 0 spiro atoms. The molecule has 0 unspecified atom stereocenters. The molecule has 11 heteroatoms. The van der Waals surface area contributed by atoms with Gasteiger partial charge >= 0.3 is 0 Å². The number of anilines is 1. The van der Waals surface area contributed by atoms with Crippen molar-refractivity contribution in [3.05, 3.63) is 64.5 Å². The van der Waals surface area contributed by atoms with E-state index < -0.39 is 0 Å². The number of aryl methyl sites for hydroxylation is 1. The van der Waals surface area contributed by atoms with Gasteiger partial charge in [-0.05, 0) is 29.3 Å². The van der Waals surface area contributed by atoms with Crippen LogP contribution in [0.25, 0.3) is 11.4 Å². The molecule has 2 aromatic carbocycles. The second-order valence-corrected chi connectivity index (χ2v) is 10.0. The van der Waals surface area contributed by atoms with Crippen LogP contribution < -0.4 is 15.5 Å². The van der Waals surface area contributed by atoms with Crippen molar-refractivity contribution in [2.24, 2.45) is 0 Å². The van der Waals surface area contributed by atoms with Crippen molar-refractivity contribution in [1.29, 1.82) is 0 Å². The minimum atomic E-state index is -0.212. The summed E-state index contributed by atoms with van der Waals surface area (Å²) in [4.78, 5) is 32.3. The van der Waals surface area contributed by atoms with Gasteiger partial charge in [-0.3, -0.25) is 14.6 Å². The second kappa shape index (κ2) is 12.4. The molecule has 4 rings (SSSR count). The highest BCUT2D eigenvalue weighted by Gasteiger charge is 2.27. The van der Waals surface area contributed by atoms with Crippen molar-refractivity contribution in [3.63, 3.8) is 0 Å². The zero-order chi connectivity index (χ0) is 27.2. The van der Waals surface area contributed by atoms with E-state index in [1.165, 1.54) is 11.1 Å². The van der Waals surface area contributed by atoms with Crippen molar-refractivity contribution in [2.75, 3.05) is 38.1 Å². The summed E-state index contributed by atoms with van der Waals surface area (Å²) < 4.78 is 5.12. The van der Waals surface area contributed by atoms with E-state index in [1.54, 1.807) is 42.1 Å². The molecule has 2 amide bonds. The smallest absolute Gasteiger partial charge is 0.256 e. The number of aromatic nitrogens is 2. The quantitative estimate of drug-likeness (QED) is 0.358. The van der Waals surface area contributed by atoms with Crippen LogP contribution in [-0.2, 0) is 22.7 Å². The predicted octanol–water partition coefficient (Wildman–Crippen LogP) is 3.01. The Hall–Kier alpha value is -3.47. The van der Waals surface area contributed by atoms with Gasteiger partial charge in [0, 0.05) is 51.8 Å². The number of benzene rings is 2. The monoisotopic (exact) mass is 539 g/mol. The van der Waals surface area contributed by atoms with Crippen LogP contribution in [0.2, 0.25) is 5.02 Å². The highest BCUT2D eigenvalue weighted by atomic mass is 35.5. The van der Waals surface area contributed by atoms with Gasteiger partial charge in [0.1, 0.15) is 0 Å². The summed E-state index contributed by atoms with van der Waals surface area (Å²) in [5.41, 5.74) is 3.60. The molecule has 202 valence electrons. The van der Waals surface area contributed by atoms with Gasteiger partial charge in [-0.15, -0.1) is 0 Å². The van der Waals surface area contributed by atoms with Gasteiger partial charge in [0.15, 0.2) is 0 Å². The third kappa shape index (κ3) is 6.89. The van der Waals surface area contributed by atoms with Crippen molar-refractivity contribution in [3.8, 4) is 11.4 Å². The fraction of sp³-hybridized carbons (Fsp3) is 0.407. The Bertz CT molecular complexity index is 1250. The van der Waals surface area contributed by atoms with Crippen molar-refractivity contribution in [1.82, 2.24) is 30.8 Å². The molecule has 38 heavy (non-hydrogen) atoms. The molecule has 0 saturated carbocycles. The number of amides is 2. The first-order valence-electron chi connectivity index (χ1n) is 12.6. The SMILES string of the molecule is Cc1nc(-c2ccc(Cl)c(N(CC(=O)NCCNC(C)C)CC(=O)N(C)N3Cc4ccccc4C3)c2)no1. The average Bonchev–Trinajstić information content (AvgIpc) is 3.52. The number of fused-ring (bicyclic) bond motifs is 1. The Balaban J connectivity index is 1.52. The van der Waals surface area contributed by atoms with E-state index in [-0.39, 0.29) is 24.9 Å². The van der Waals surface area contributed by atoms with Crippen LogP contribution in [0.3, 0.4) is 0 Å². The van der Waals surface area contributed by atoms with Gasteiger partial charge < -0.3 is 20.1 Å². The molecule has 1 aromatic heterocycles. The van der Waals surface area contributed by atoms with Gasteiger partial charge in [-0.25, -0.2) is 5.01 Å². The summed E-state index contributed by atoms with van der Waals surface area (Å²) in [6.45, 7) is 8.13. The van der Waals surface area contributed by atoms with E-state index >= 15 is 0 Å². The van der Waals surface area contributed by atoms with Crippen molar-refractivity contribution < 1.29 is 14.1 Å². The summed E-state index contributed by atoms with van der Waals surface area (Å²) in [5.74, 6) is 0.467. The average molecular weight is 540 g/mol. The molecule has 3 aromatic rings. The predicted molar refractivity (Wildman–Crippen MR) is 146 cm³/mol. The molecule has 0 aliphatic carbocycles. The molecular weight excluding hydrogens is 506 g/mol. The van der Waals surface area contributed by atoms with Crippen LogP contribution in [0.1, 0.15) is 30.9 Å². The van der Waals surface area contributed by atoms with Crippen LogP contribution in [0, 0.1) is 6.92 Å². The molecule has 0 radical (unpaired) electrons. The van der Waals surface area contributed by atoms with Gasteiger partial charge in [0.25, 0.3) is 5.91 Å². The Kier molecular flexibility index (Phi) is 8.98. The Morgan fingerprint density at radius 3 is 2.45 bits per heavy atom. The van der Waals surface area contributed by atoms with Gasteiger partial charge in [-0.1, -0.05) is 54.9 Å². The maximum atomic E-state index is 13.5. The first kappa shape index (κ1) is 27.6. The van der Waals surface area contributed by atoms with E-state index in [4.69, 9.17) is 16.1 Å². The van der Waals surface area contributed by atoms with E-state index in [0.717, 1.165) is 0 Å². The van der Waals surface area contributed by atoms with Gasteiger partial charge in [0.2, 0.25) is 17.6 Å². The fourth-order valence-electron chi connectivity index (χ4n) is 4.28. The minimum Gasteiger partial charge on any atom is -0.353 e. The van der Waals surface area contributed by atoms with Crippen LogP contribution in [-0.4, -0.2) is 71.2 Å². The number of rotatable bonds is 11. The van der Waals surface area contributed by atoms with Gasteiger partial charge in [-0.2, -0.15) is 4.98 Å². The largest absolute Gasteiger partial charge is 0.353 e. The molecule has 1 aliphatic rings. The summed E-state index contributed by atoms with van der Waals surface area (Å²) in [6, 6.07) is 13.7. The highest BCUT2D eigenvalue weighted by molar-refractivity contribution is 6.33. The minimum absolute atomic E-state index is 0.0457. The molecule has 0 saturated heterocycles. The molecule has 2 N–H and O–H groups in total. The summed E-state index contributed by atoms with van der Waals surface area (Å²) in [7, 11) is 1.75. The molecule has 0 fully saturated rings. The summed E-state index contributed by atoms with van der Waals surface area (Å²) in [6.07, 6.45) is 0. The summed E-state index contributed by atoms with van der Waals surface area (Å²) >= 11 is 6.60. The molecule has 10 nitrogen and oxygen atoms in total. The lowest BCUT2D eigenvalue weighted by Gasteiger charge is -2.31. The first-order valence-corrected chi connectivity index (χ1v) is 13.0. The van der Waals surface area contributed by atoms with E-state index in [2.05, 4.69) is 32.9 Å². The van der Waals surface area contributed by atoms with Crippen LogP contribution in [0.5, 0.6) is 0 Å². The summed E-state index contributed by atoms with van der Waals surface area (Å²) in [5, 5.41) is 14.2. The van der Waals surface area contributed by atoms with Crippen LogP contribution in [0.15, 0.2) is 47.0 Å².